The lowest BCUT2D eigenvalue weighted by molar-refractivity contribution is -0.122. The molecular weight excluding hydrogens is 450 g/mol. The summed E-state index contributed by atoms with van der Waals surface area (Å²) < 4.78 is 21.9. The Morgan fingerprint density at radius 3 is 2.37 bits per heavy atom. The van der Waals surface area contributed by atoms with E-state index < -0.39 is 6.04 Å². The van der Waals surface area contributed by atoms with Crippen molar-refractivity contribution >= 4 is 11.8 Å². The zero-order chi connectivity index (χ0) is 24.8. The van der Waals surface area contributed by atoms with E-state index in [0.717, 1.165) is 44.0 Å². The standard InChI is InChI=1S/C26H33N3O6/c1-32-22-14-19(15-23(33-2)25(22)34-3)21(29-17-18-6-4-5-7-20(18)26(29)31)16-24(30)27-8-9-28-10-12-35-13-11-28/h4-7,14-15,21H,8-13,16-17H2,1-3H3,(H,27,30). The average Bonchev–Trinajstić information content (AvgIpc) is 3.23. The van der Waals surface area contributed by atoms with Crippen molar-refractivity contribution in [2.75, 3.05) is 60.7 Å². The summed E-state index contributed by atoms with van der Waals surface area (Å²) in [5.41, 5.74) is 2.35. The van der Waals surface area contributed by atoms with Crippen molar-refractivity contribution < 1.29 is 28.5 Å². The molecule has 1 atom stereocenters. The molecule has 188 valence electrons. The molecule has 1 unspecified atom stereocenters. The van der Waals surface area contributed by atoms with Gasteiger partial charge in [-0.1, -0.05) is 18.2 Å². The van der Waals surface area contributed by atoms with Crippen LogP contribution in [0.2, 0.25) is 0 Å². The third kappa shape index (κ3) is 5.52. The van der Waals surface area contributed by atoms with Gasteiger partial charge >= 0.3 is 0 Å². The van der Waals surface area contributed by atoms with Crippen LogP contribution >= 0.6 is 0 Å². The third-order valence-corrected chi connectivity index (χ3v) is 6.53. The SMILES string of the molecule is COc1cc(C(CC(=O)NCCN2CCOCC2)N2Cc3ccccc3C2=O)cc(OC)c1OC. The number of carbonyl (C=O) groups is 2. The minimum absolute atomic E-state index is 0.0968. The topological polar surface area (TPSA) is 89.6 Å². The molecule has 2 aromatic carbocycles. The normalized spacial score (nSPS) is 16.5. The van der Waals surface area contributed by atoms with E-state index in [2.05, 4.69) is 10.2 Å². The predicted molar refractivity (Wildman–Crippen MR) is 130 cm³/mol. The van der Waals surface area contributed by atoms with Gasteiger partial charge in [-0.3, -0.25) is 14.5 Å². The van der Waals surface area contributed by atoms with Gasteiger partial charge < -0.3 is 29.2 Å². The molecule has 0 aliphatic carbocycles. The second kappa shape index (κ2) is 11.4. The van der Waals surface area contributed by atoms with Gasteiger partial charge in [0.1, 0.15) is 0 Å². The van der Waals surface area contributed by atoms with Crippen LogP contribution in [-0.2, 0) is 16.1 Å². The van der Waals surface area contributed by atoms with Gasteiger partial charge in [-0.25, -0.2) is 0 Å². The second-order valence-corrected chi connectivity index (χ2v) is 8.57. The molecule has 2 heterocycles. The molecule has 2 amide bonds. The first kappa shape index (κ1) is 24.8. The maximum absolute atomic E-state index is 13.3. The summed E-state index contributed by atoms with van der Waals surface area (Å²) in [6.45, 7) is 4.89. The Balaban J connectivity index is 1.57. The minimum Gasteiger partial charge on any atom is -0.493 e. The number of benzene rings is 2. The second-order valence-electron chi connectivity index (χ2n) is 8.57. The maximum Gasteiger partial charge on any atom is 0.255 e. The van der Waals surface area contributed by atoms with Crippen molar-refractivity contribution in [2.45, 2.75) is 19.0 Å². The van der Waals surface area contributed by atoms with Crippen LogP contribution in [0.25, 0.3) is 0 Å². The summed E-state index contributed by atoms with van der Waals surface area (Å²) >= 11 is 0. The molecule has 2 aliphatic heterocycles. The van der Waals surface area contributed by atoms with E-state index in [1.54, 1.807) is 26.2 Å². The van der Waals surface area contributed by atoms with Crippen LogP contribution in [0.5, 0.6) is 17.2 Å². The first-order valence-electron chi connectivity index (χ1n) is 11.8. The fourth-order valence-corrected chi connectivity index (χ4v) is 4.66. The summed E-state index contributed by atoms with van der Waals surface area (Å²) in [7, 11) is 4.64. The number of rotatable bonds is 10. The first-order chi connectivity index (χ1) is 17.0. The predicted octanol–water partition coefficient (Wildman–Crippen LogP) is 2.25. The summed E-state index contributed by atoms with van der Waals surface area (Å²) in [5, 5.41) is 3.02. The van der Waals surface area contributed by atoms with Gasteiger partial charge in [-0.2, -0.15) is 0 Å². The quantitative estimate of drug-likeness (QED) is 0.554. The fourth-order valence-electron chi connectivity index (χ4n) is 4.66. The van der Waals surface area contributed by atoms with E-state index in [-0.39, 0.29) is 18.2 Å². The third-order valence-electron chi connectivity index (χ3n) is 6.53. The molecule has 0 radical (unpaired) electrons. The smallest absolute Gasteiger partial charge is 0.255 e. The summed E-state index contributed by atoms with van der Waals surface area (Å²) in [5.74, 6) is 1.19. The average molecular weight is 484 g/mol. The molecule has 1 fully saturated rings. The van der Waals surface area contributed by atoms with Gasteiger partial charge in [0.15, 0.2) is 11.5 Å². The van der Waals surface area contributed by atoms with E-state index in [0.29, 0.717) is 35.9 Å². The number of amides is 2. The summed E-state index contributed by atoms with van der Waals surface area (Å²) in [6, 6.07) is 10.7. The molecule has 0 aromatic heterocycles. The van der Waals surface area contributed by atoms with Crippen LogP contribution in [0.3, 0.4) is 0 Å². The van der Waals surface area contributed by atoms with Crippen molar-refractivity contribution in [1.82, 2.24) is 15.1 Å². The Hall–Kier alpha value is -3.30. The Labute approximate surface area is 205 Å². The monoisotopic (exact) mass is 483 g/mol. The highest BCUT2D eigenvalue weighted by atomic mass is 16.5. The van der Waals surface area contributed by atoms with Crippen LogP contribution in [0.1, 0.15) is 33.9 Å². The number of morpholine rings is 1. The highest BCUT2D eigenvalue weighted by molar-refractivity contribution is 5.98. The Bertz CT molecular complexity index is 1030. The van der Waals surface area contributed by atoms with E-state index in [1.807, 2.05) is 36.4 Å². The van der Waals surface area contributed by atoms with Crippen molar-refractivity contribution in [2.24, 2.45) is 0 Å². The Morgan fingerprint density at radius 1 is 1.06 bits per heavy atom. The molecule has 0 bridgehead atoms. The number of nitrogens with one attached hydrogen (secondary N) is 1. The number of methoxy groups -OCH3 is 3. The molecule has 0 saturated carbocycles. The van der Waals surface area contributed by atoms with Crippen LogP contribution in [-0.4, -0.2) is 82.3 Å². The summed E-state index contributed by atoms with van der Waals surface area (Å²) in [6.07, 6.45) is 0.113. The largest absolute Gasteiger partial charge is 0.493 e. The van der Waals surface area contributed by atoms with Crippen LogP contribution in [0.4, 0.5) is 0 Å². The minimum atomic E-state index is -0.507. The molecule has 35 heavy (non-hydrogen) atoms. The highest BCUT2D eigenvalue weighted by Crippen LogP contribution is 2.42. The fraction of sp³-hybridized carbons (Fsp3) is 0.462. The molecular formula is C26H33N3O6. The van der Waals surface area contributed by atoms with E-state index in [4.69, 9.17) is 18.9 Å². The highest BCUT2D eigenvalue weighted by Gasteiger charge is 2.35. The van der Waals surface area contributed by atoms with Crippen LogP contribution in [0, 0.1) is 0 Å². The molecule has 9 heteroatoms. The number of ether oxygens (including phenoxy) is 4. The van der Waals surface area contributed by atoms with Gasteiger partial charge in [0.05, 0.1) is 47.0 Å². The van der Waals surface area contributed by atoms with Gasteiger partial charge in [-0.05, 0) is 29.3 Å². The molecule has 1 saturated heterocycles. The van der Waals surface area contributed by atoms with E-state index >= 15 is 0 Å². The zero-order valence-electron chi connectivity index (χ0n) is 20.5. The molecule has 2 aliphatic rings. The molecule has 1 N–H and O–H groups in total. The van der Waals surface area contributed by atoms with E-state index in [9.17, 15) is 9.59 Å². The maximum atomic E-state index is 13.3. The number of hydrogen-bond acceptors (Lipinski definition) is 7. The number of hydrogen-bond donors (Lipinski definition) is 1. The Kier molecular flexibility index (Phi) is 8.09. The molecule has 0 spiro atoms. The van der Waals surface area contributed by atoms with Crippen LogP contribution in [0.15, 0.2) is 36.4 Å². The number of carbonyl (C=O) groups excluding carboxylic acids is 2. The van der Waals surface area contributed by atoms with Gasteiger partial charge in [0, 0.05) is 38.3 Å². The van der Waals surface area contributed by atoms with Crippen molar-refractivity contribution in [3.8, 4) is 17.2 Å². The lowest BCUT2D eigenvalue weighted by Crippen LogP contribution is -2.42. The van der Waals surface area contributed by atoms with Crippen molar-refractivity contribution in [1.29, 1.82) is 0 Å². The van der Waals surface area contributed by atoms with Crippen molar-refractivity contribution in [3.05, 3.63) is 53.1 Å². The van der Waals surface area contributed by atoms with E-state index in [1.165, 1.54) is 0 Å². The van der Waals surface area contributed by atoms with Crippen molar-refractivity contribution in [3.63, 3.8) is 0 Å². The zero-order valence-corrected chi connectivity index (χ0v) is 20.5. The number of fused-ring (bicyclic) bond motifs is 1. The summed E-state index contributed by atoms with van der Waals surface area (Å²) in [4.78, 5) is 30.4. The molecule has 2 aromatic rings. The van der Waals surface area contributed by atoms with Gasteiger partial charge in [-0.15, -0.1) is 0 Å². The van der Waals surface area contributed by atoms with Gasteiger partial charge in [0.25, 0.3) is 5.91 Å². The van der Waals surface area contributed by atoms with Gasteiger partial charge in [0.2, 0.25) is 11.7 Å². The lowest BCUT2D eigenvalue weighted by Gasteiger charge is -2.29. The lowest BCUT2D eigenvalue weighted by atomic mass is 10.00. The molecule has 4 rings (SSSR count). The number of nitrogens with zero attached hydrogens (tertiary/aromatic N) is 2. The molecule has 9 nitrogen and oxygen atoms in total. The Morgan fingerprint density at radius 2 is 1.74 bits per heavy atom. The van der Waals surface area contributed by atoms with Crippen LogP contribution < -0.4 is 19.5 Å². The first-order valence-corrected chi connectivity index (χ1v) is 11.8.